The van der Waals surface area contributed by atoms with E-state index in [-0.39, 0.29) is 5.91 Å². The predicted octanol–water partition coefficient (Wildman–Crippen LogP) is 4.82. The van der Waals surface area contributed by atoms with Gasteiger partial charge in [0.15, 0.2) is 23.0 Å². The average Bonchev–Trinajstić information content (AvgIpc) is 2.77. The van der Waals surface area contributed by atoms with Crippen LogP contribution in [0.3, 0.4) is 0 Å². The average molecular weight is 538 g/mol. The Morgan fingerprint density at radius 3 is 2.61 bits per heavy atom. The predicted molar refractivity (Wildman–Crippen MR) is 130 cm³/mol. The lowest BCUT2D eigenvalue weighted by atomic mass is 10.2. The highest BCUT2D eigenvalue weighted by Crippen LogP contribution is 2.33. The number of methoxy groups -OCH3 is 1. The van der Waals surface area contributed by atoms with Crippen molar-refractivity contribution in [2.45, 2.75) is 20.3 Å². The Morgan fingerprint density at radius 2 is 1.94 bits per heavy atom. The molecule has 0 saturated heterocycles. The van der Waals surface area contributed by atoms with E-state index in [9.17, 15) is 4.79 Å². The minimum Gasteiger partial charge on any atom is -0.493 e. The lowest BCUT2D eigenvalue weighted by molar-refractivity contribution is 0.0954. The summed E-state index contributed by atoms with van der Waals surface area (Å²) in [6.07, 6.45) is 4.09. The first kappa shape index (κ1) is 24.5. The van der Waals surface area contributed by atoms with Gasteiger partial charge in [0.25, 0.3) is 5.91 Å². The molecule has 0 heterocycles. The maximum Gasteiger partial charge on any atom is 0.271 e. The fourth-order valence-electron chi connectivity index (χ4n) is 2.58. The minimum atomic E-state index is -0.355. The zero-order valence-corrected chi connectivity index (χ0v) is 20.1. The first-order valence-electron chi connectivity index (χ1n) is 9.88. The van der Waals surface area contributed by atoms with Gasteiger partial charge in [0.2, 0.25) is 0 Å². The van der Waals surface area contributed by atoms with Crippen molar-refractivity contribution in [3.8, 4) is 23.0 Å². The molecular formula is C23H27IN2O5. The molecule has 1 amide bonds. The van der Waals surface area contributed by atoms with E-state index in [0.717, 1.165) is 15.6 Å². The molecule has 0 aliphatic heterocycles. The number of nitrogens with zero attached hydrogens (tertiary/aromatic N) is 1. The quantitative estimate of drug-likeness (QED) is 0.182. The van der Waals surface area contributed by atoms with Crippen molar-refractivity contribution in [1.82, 2.24) is 5.43 Å². The van der Waals surface area contributed by atoms with E-state index in [1.54, 1.807) is 43.7 Å². The third-order valence-corrected chi connectivity index (χ3v) is 4.75. The van der Waals surface area contributed by atoms with Crippen molar-refractivity contribution < 1.29 is 23.7 Å². The van der Waals surface area contributed by atoms with Crippen LogP contribution < -0.4 is 24.4 Å². The summed E-state index contributed by atoms with van der Waals surface area (Å²) in [6, 6.07) is 8.72. The van der Waals surface area contributed by atoms with E-state index >= 15 is 0 Å². The summed E-state index contributed by atoms with van der Waals surface area (Å²) < 4.78 is 23.2. The molecule has 2 rings (SSSR count). The monoisotopic (exact) mass is 538 g/mol. The maximum absolute atomic E-state index is 12.5. The molecule has 1 N–H and O–H groups in total. The van der Waals surface area contributed by atoms with Crippen molar-refractivity contribution in [1.29, 1.82) is 0 Å². The van der Waals surface area contributed by atoms with Gasteiger partial charge in [-0.3, -0.25) is 4.79 Å². The number of amides is 1. The van der Waals surface area contributed by atoms with Gasteiger partial charge in [-0.15, -0.1) is 0 Å². The van der Waals surface area contributed by atoms with Gasteiger partial charge < -0.3 is 18.9 Å². The highest BCUT2D eigenvalue weighted by Gasteiger charge is 2.12. The van der Waals surface area contributed by atoms with E-state index in [2.05, 4.69) is 39.7 Å². The molecule has 0 aromatic heterocycles. The number of carbonyl (C=O) groups excluding carboxylic acids is 1. The second kappa shape index (κ2) is 12.8. The second-order valence-electron chi connectivity index (χ2n) is 6.28. The molecule has 0 bridgehead atoms. The van der Waals surface area contributed by atoms with E-state index in [4.69, 9.17) is 18.9 Å². The molecule has 0 aliphatic rings. The molecular weight excluding hydrogens is 511 g/mol. The van der Waals surface area contributed by atoms with Crippen LogP contribution in [-0.4, -0.2) is 39.1 Å². The van der Waals surface area contributed by atoms with E-state index in [1.165, 1.54) is 0 Å². The topological polar surface area (TPSA) is 78.4 Å². The third kappa shape index (κ3) is 7.16. The number of carbonyl (C=O) groups is 1. The van der Waals surface area contributed by atoms with Crippen molar-refractivity contribution in [2.75, 3.05) is 26.9 Å². The Labute approximate surface area is 196 Å². The van der Waals surface area contributed by atoms with E-state index in [0.29, 0.717) is 48.4 Å². The van der Waals surface area contributed by atoms with Gasteiger partial charge in [0, 0.05) is 5.56 Å². The van der Waals surface area contributed by atoms with Gasteiger partial charge in [-0.2, -0.15) is 5.10 Å². The highest BCUT2D eigenvalue weighted by molar-refractivity contribution is 14.1. The van der Waals surface area contributed by atoms with Crippen LogP contribution in [0.4, 0.5) is 0 Å². The Morgan fingerprint density at radius 1 is 1.13 bits per heavy atom. The van der Waals surface area contributed by atoms with Gasteiger partial charge in [-0.05, 0) is 71.8 Å². The standard InChI is InChI=1S/C23H27IN2O5/c1-5-10-30-19-9-8-17(14-20(19)29-7-3)23(27)26-25-15-16-12-18(24)22(31-11-6-2)21(13-16)28-4/h6,8-9,12-15H,2,5,7,10-11H2,1,3-4H3,(H,26,27)/b25-15+. The molecule has 31 heavy (non-hydrogen) atoms. The molecule has 0 fully saturated rings. The lowest BCUT2D eigenvalue weighted by Gasteiger charge is -2.12. The van der Waals surface area contributed by atoms with Crippen LogP contribution in [0.15, 0.2) is 48.1 Å². The molecule has 0 atom stereocenters. The van der Waals surface area contributed by atoms with Crippen molar-refractivity contribution in [3.63, 3.8) is 0 Å². The number of hydrogen-bond acceptors (Lipinski definition) is 6. The Bertz CT molecular complexity index is 930. The number of hydrazone groups is 1. The summed E-state index contributed by atoms with van der Waals surface area (Å²) in [5.74, 6) is 2.00. The molecule has 0 aliphatic carbocycles. The van der Waals surface area contributed by atoms with Crippen LogP contribution in [0.1, 0.15) is 36.2 Å². The number of benzene rings is 2. The molecule has 0 unspecified atom stereocenters. The van der Waals surface area contributed by atoms with Crippen LogP contribution >= 0.6 is 22.6 Å². The van der Waals surface area contributed by atoms with E-state index in [1.807, 2.05) is 19.9 Å². The van der Waals surface area contributed by atoms with Gasteiger partial charge in [-0.1, -0.05) is 19.6 Å². The van der Waals surface area contributed by atoms with Gasteiger partial charge >= 0.3 is 0 Å². The smallest absolute Gasteiger partial charge is 0.271 e. The largest absolute Gasteiger partial charge is 0.493 e. The van der Waals surface area contributed by atoms with Gasteiger partial charge in [0.05, 0.1) is 30.1 Å². The fraction of sp³-hybridized carbons (Fsp3) is 0.304. The van der Waals surface area contributed by atoms with Gasteiger partial charge in [-0.25, -0.2) is 5.43 Å². The molecule has 7 nitrogen and oxygen atoms in total. The first-order chi connectivity index (χ1) is 15.0. The molecule has 166 valence electrons. The summed E-state index contributed by atoms with van der Waals surface area (Å²) in [4.78, 5) is 12.5. The number of nitrogens with one attached hydrogen (secondary N) is 1. The Kier molecular flexibility index (Phi) is 10.2. The number of hydrogen-bond donors (Lipinski definition) is 1. The number of ether oxygens (including phenoxy) is 4. The first-order valence-corrected chi connectivity index (χ1v) is 11.0. The van der Waals surface area contributed by atoms with Gasteiger partial charge in [0.1, 0.15) is 6.61 Å². The maximum atomic E-state index is 12.5. The molecule has 0 saturated carbocycles. The zero-order chi connectivity index (χ0) is 22.6. The zero-order valence-electron chi connectivity index (χ0n) is 17.9. The van der Waals surface area contributed by atoms with Crippen LogP contribution in [-0.2, 0) is 0 Å². The molecule has 2 aromatic carbocycles. The lowest BCUT2D eigenvalue weighted by Crippen LogP contribution is -2.17. The van der Waals surface area contributed by atoms with Crippen LogP contribution in [0.2, 0.25) is 0 Å². The summed E-state index contributed by atoms with van der Waals surface area (Å²) >= 11 is 2.16. The SMILES string of the molecule is C=CCOc1c(I)cc(/C=N/NC(=O)c2ccc(OCCC)c(OCC)c2)cc1OC. The highest BCUT2D eigenvalue weighted by atomic mass is 127. The summed E-state index contributed by atoms with van der Waals surface area (Å²) in [5, 5.41) is 4.06. The number of rotatable bonds is 12. The third-order valence-electron chi connectivity index (χ3n) is 3.94. The summed E-state index contributed by atoms with van der Waals surface area (Å²) in [7, 11) is 1.57. The van der Waals surface area contributed by atoms with Crippen molar-refractivity contribution >= 4 is 34.7 Å². The summed E-state index contributed by atoms with van der Waals surface area (Å²) in [5.41, 5.74) is 3.71. The van der Waals surface area contributed by atoms with Crippen LogP contribution in [0.25, 0.3) is 0 Å². The molecule has 0 radical (unpaired) electrons. The van der Waals surface area contributed by atoms with Crippen molar-refractivity contribution in [2.24, 2.45) is 5.10 Å². The van der Waals surface area contributed by atoms with Crippen LogP contribution in [0.5, 0.6) is 23.0 Å². The molecule has 8 heteroatoms. The summed E-state index contributed by atoms with van der Waals surface area (Å²) in [6.45, 7) is 8.98. The Hall–Kier alpha value is -2.75. The van der Waals surface area contributed by atoms with E-state index < -0.39 is 0 Å². The minimum absolute atomic E-state index is 0.355. The fourth-order valence-corrected chi connectivity index (χ4v) is 3.36. The normalized spacial score (nSPS) is 10.6. The Balaban J connectivity index is 2.12. The molecule has 0 spiro atoms. The van der Waals surface area contributed by atoms with Crippen molar-refractivity contribution in [3.05, 3.63) is 57.7 Å². The molecule has 2 aromatic rings. The second-order valence-corrected chi connectivity index (χ2v) is 7.44. The number of halogens is 1. The van der Waals surface area contributed by atoms with Crippen LogP contribution in [0, 0.1) is 3.57 Å².